The molecule has 0 saturated heterocycles. The van der Waals surface area contributed by atoms with Crippen LogP contribution in [0, 0.1) is 24.3 Å². The summed E-state index contributed by atoms with van der Waals surface area (Å²) in [6.45, 7) is 6.64. The molecule has 32 heteroatoms. The van der Waals surface area contributed by atoms with Crippen LogP contribution in [0.4, 0.5) is 0 Å². The first-order valence-corrected chi connectivity index (χ1v) is 34.9. The maximum Gasteiger partial charge on any atom is 0.114 e. The maximum atomic E-state index is 5.89. The Labute approximate surface area is 724 Å². The Morgan fingerprint density at radius 2 is 0.595 bits per heavy atom. The minimum absolute atomic E-state index is 0. The van der Waals surface area contributed by atoms with Crippen LogP contribution in [0.2, 0.25) is 0 Å². The molecule has 12 heterocycles. The van der Waals surface area contributed by atoms with Gasteiger partial charge in [0, 0.05) is 225 Å². The number of rotatable bonds is 19. The van der Waals surface area contributed by atoms with E-state index in [-0.39, 0.29) is 86.5 Å². The first-order chi connectivity index (χ1) is 55.3. The van der Waals surface area contributed by atoms with Gasteiger partial charge in [-0.2, -0.15) is 20.9 Å². The van der Waals surface area contributed by atoms with Gasteiger partial charge in [0.15, 0.2) is 0 Å². The van der Waals surface area contributed by atoms with Crippen molar-refractivity contribution in [1.82, 2.24) is 122 Å². The average Bonchev–Trinajstić information content (AvgIpc) is 1.07. The summed E-state index contributed by atoms with van der Waals surface area (Å²) in [7, 11) is 1.65. The van der Waals surface area contributed by atoms with Crippen molar-refractivity contribution in [2.75, 3.05) is 13.7 Å². The topological polar surface area (TPSA) is 351 Å². The number of methoxy groups -OCH3 is 1. The predicted molar refractivity (Wildman–Crippen MR) is 415 cm³/mol. The van der Waals surface area contributed by atoms with E-state index in [1.807, 2.05) is 269 Å². The zero-order valence-corrected chi connectivity index (χ0v) is 72.2. The van der Waals surface area contributed by atoms with E-state index in [4.69, 9.17) is 18.9 Å². The van der Waals surface area contributed by atoms with Gasteiger partial charge in [0.1, 0.15) is 5.75 Å². The van der Waals surface area contributed by atoms with Crippen LogP contribution >= 0.6 is 0 Å². The Balaban J connectivity index is 0.000000206. The fourth-order valence-corrected chi connectivity index (χ4v) is 9.62. The minimum Gasteiger partial charge on any atom is -0.540 e. The molecule has 28 nitrogen and oxygen atoms in total. The minimum atomic E-state index is 0. The van der Waals surface area contributed by atoms with E-state index in [0.29, 0.717) is 55.6 Å². The molecule has 0 amide bonds. The molecule has 0 fully saturated rings. The Bertz CT molecular complexity index is 4980. The van der Waals surface area contributed by atoms with Crippen LogP contribution in [0.25, 0.3) is 45.0 Å². The van der Waals surface area contributed by atoms with Crippen LogP contribution < -0.4 is 39.3 Å². The third-order valence-corrected chi connectivity index (χ3v) is 14.5. The molecule has 0 aliphatic rings. The summed E-state index contributed by atoms with van der Waals surface area (Å²) in [5.74, 6) is 6.44. The summed E-state index contributed by atoms with van der Waals surface area (Å²) in [5, 5.41) is 56.6. The zero-order chi connectivity index (χ0) is 77.5. The van der Waals surface area contributed by atoms with Gasteiger partial charge in [-0.25, -0.2) is 0 Å². The number of tetrazole rings is 4. The third-order valence-electron chi connectivity index (χ3n) is 14.5. The molecule has 12 aromatic heterocycles. The summed E-state index contributed by atoms with van der Waals surface area (Å²) in [4.78, 5) is 33.6. The molecule has 17 rings (SSSR count). The number of ether oxygens (including phenoxy) is 4. The van der Waals surface area contributed by atoms with E-state index in [9.17, 15) is 0 Å². The number of aromatic nitrogens is 24. The van der Waals surface area contributed by atoms with Crippen molar-refractivity contribution in [3.8, 4) is 73.8 Å². The van der Waals surface area contributed by atoms with Gasteiger partial charge in [0.05, 0.1) is 19.8 Å². The average molecular weight is 2250 g/mol. The maximum absolute atomic E-state index is 5.89. The van der Waals surface area contributed by atoms with Gasteiger partial charge in [-0.05, 0) is 128 Å². The number of hydrogen-bond donors (Lipinski definition) is 0. The van der Waals surface area contributed by atoms with Crippen molar-refractivity contribution < 1.29 is 99.4 Å². The molecule has 4 radical (unpaired) electrons. The van der Waals surface area contributed by atoms with Crippen LogP contribution in [0.15, 0.2) is 298 Å². The molecule has 17 aromatic rings. The fraction of sp³-hybridized carbons (Fsp3) is 0.119. The molecule has 5 aromatic carbocycles. The number of pyridine rings is 8. The van der Waals surface area contributed by atoms with Gasteiger partial charge >= 0.3 is 0 Å². The molecule has 0 saturated carbocycles. The molecule has 0 atom stereocenters. The van der Waals surface area contributed by atoms with Gasteiger partial charge in [0.2, 0.25) is 0 Å². The second-order valence-electron chi connectivity index (χ2n) is 22.9. The second kappa shape index (κ2) is 54.2. The van der Waals surface area contributed by atoms with E-state index >= 15 is 0 Å². The molecular weight excluding hydrogens is 2180 g/mol. The van der Waals surface area contributed by atoms with Gasteiger partial charge in [-0.1, -0.05) is 113 Å². The van der Waals surface area contributed by atoms with E-state index in [0.717, 1.165) is 96.6 Å². The van der Waals surface area contributed by atoms with Crippen LogP contribution in [-0.2, 0) is 106 Å². The predicted octanol–water partition coefficient (Wildman–Crippen LogP) is 12.4. The van der Waals surface area contributed by atoms with Gasteiger partial charge < -0.3 is 59.3 Å². The van der Waals surface area contributed by atoms with Crippen molar-refractivity contribution in [3.63, 3.8) is 0 Å². The van der Waals surface area contributed by atoms with Crippen molar-refractivity contribution in [2.45, 2.75) is 52.6 Å². The van der Waals surface area contributed by atoms with Gasteiger partial charge in [-0.3, -0.25) is 61.2 Å². The van der Waals surface area contributed by atoms with E-state index in [2.05, 4.69) is 147 Å². The number of nitrogens with zero attached hydrogens (tertiary/aromatic N) is 24. The Hall–Kier alpha value is -12.6. The van der Waals surface area contributed by atoms with Gasteiger partial charge in [0.25, 0.3) is 0 Å². The molecule has 0 aliphatic heterocycles. The summed E-state index contributed by atoms with van der Waals surface area (Å²) < 4.78 is 22.4. The first-order valence-electron chi connectivity index (χ1n) is 34.9. The normalized spacial score (nSPS) is 9.70. The largest absolute Gasteiger partial charge is 0.540 e. The zero-order valence-electron chi connectivity index (χ0n) is 62.6. The standard InChI is InChI=1S/C17H12NO.C14H14NO.C13H12NO.C12H10NO.4C7H6N5.4Ir/c1-2-8-14(9-3-1)19-17-12-5-4-10-15(17)16-11-6-7-13-18-16;1-11(2)16-14-9-4-3-7-12(14)13-8-5-6-10-15-13;1-2-15-13-9-4-3-7-11(13)12-8-5-6-10-14-12;1-14-12-8-3-2-6-10(12)11-7-4-5-9-13-11;4*1-2-4-8-6(3-1)5-7-9-11-12-10-7;;;;/h1-9,11-13H;3-6,8-11H,1-2H3;3-6,8-10H,2H2,1H3;2-5,7-9H,1H3;4*1-4H,5H2;;;;/q8*-1;;;;. The second-order valence-corrected chi connectivity index (χ2v) is 22.9. The Kier molecular flexibility index (Phi) is 43.1. The van der Waals surface area contributed by atoms with Crippen molar-refractivity contribution in [1.29, 1.82) is 0 Å². The smallest absolute Gasteiger partial charge is 0.114 e. The fourth-order valence-electron chi connectivity index (χ4n) is 9.62. The number of hydrogen-bond acceptors (Lipinski definition) is 24. The molecule has 0 spiro atoms. The molecular formula is C84H72Ir4N24O4-8. The molecule has 596 valence electrons. The summed E-state index contributed by atoms with van der Waals surface area (Å²) in [6, 6.07) is 91.1. The van der Waals surface area contributed by atoms with E-state index in [1.165, 1.54) is 0 Å². The Morgan fingerprint density at radius 3 is 0.879 bits per heavy atom. The molecule has 0 unspecified atom stereocenters. The third kappa shape index (κ3) is 32.8. The van der Waals surface area contributed by atoms with Crippen molar-refractivity contribution >= 4 is 0 Å². The van der Waals surface area contributed by atoms with Crippen molar-refractivity contribution in [2.24, 2.45) is 0 Å². The number of benzene rings is 5. The van der Waals surface area contributed by atoms with Crippen LogP contribution in [0.3, 0.4) is 0 Å². The quantitative estimate of drug-likeness (QED) is 0.0679. The van der Waals surface area contributed by atoms with Crippen molar-refractivity contribution in [3.05, 3.63) is 369 Å². The number of para-hydroxylation sites is 1. The molecule has 0 N–H and O–H groups in total. The van der Waals surface area contributed by atoms with Crippen LogP contribution in [-0.4, -0.2) is 122 Å². The van der Waals surface area contributed by atoms with Crippen LogP contribution in [0.1, 0.15) is 66.8 Å². The summed E-state index contributed by atoms with van der Waals surface area (Å²) in [5.41, 5.74) is 10.8. The van der Waals surface area contributed by atoms with Crippen LogP contribution in [0.5, 0.6) is 28.7 Å². The Morgan fingerprint density at radius 1 is 0.310 bits per heavy atom. The van der Waals surface area contributed by atoms with E-state index in [1.54, 1.807) is 56.7 Å². The SMILES string of the molecule is CC(C)Oc1ccc[c-]c1-c1ccccn1.CCOc1ccc[c-]c1-c1ccccn1.COc1ccc[c-]c1-c1ccccn1.[Ir].[Ir].[Ir].[Ir].[c-]1cccc(Oc2ccccc2)c1-c1ccccn1.c1ccc(Cc2nnn[n-]2)nc1.c1ccc(Cc2nnn[n-]2)nc1.c1ccc(Cc2nnn[n-]2)nc1.c1ccc(Cc2nnn[n-]2)nc1. The summed E-state index contributed by atoms with van der Waals surface area (Å²) >= 11 is 0. The monoisotopic (exact) mass is 2250 g/mol. The summed E-state index contributed by atoms with van der Waals surface area (Å²) in [6.07, 6.45) is 16.5. The first kappa shape index (κ1) is 92.2. The van der Waals surface area contributed by atoms with E-state index < -0.39 is 0 Å². The van der Waals surface area contributed by atoms with Gasteiger partial charge in [-0.15, -0.1) is 97.1 Å². The molecule has 0 bridgehead atoms. The molecule has 116 heavy (non-hydrogen) atoms. The molecule has 0 aliphatic carbocycles.